The number of rotatable bonds is 7. The number of benzene rings is 2. The lowest BCUT2D eigenvalue weighted by atomic mass is 10.1. The molecule has 0 bridgehead atoms. The smallest absolute Gasteiger partial charge is 0.271 e. The second kappa shape index (κ2) is 9.52. The number of para-hydroxylation sites is 1. The summed E-state index contributed by atoms with van der Waals surface area (Å²) in [5.74, 6) is -0.191. The molecule has 0 aromatic heterocycles. The third kappa shape index (κ3) is 5.32. The van der Waals surface area contributed by atoms with Crippen molar-refractivity contribution in [1.82, 2.24) is 4.90 Å². The van der Waals surface area contributed by atoms with Crippen molar-refractivity contribution in [2.24, 2.45) is 0 Å². The highest BCUT2D eigenvalue weighted by Gasteiger charge is 2.21. The van der Waals surface area contributed by atoms with E-state index in [4.69, 9.17) is 0 Å². The van der Waals surface area contributed by atoms with E-state index in [0.717, 1.165) is 13.1 Å². The van der Waals surface area contributed by atoms with Gasteiger partial charge in [-0.2, -0.15) is 0 Å². The van der Waals surface area contributed by atoms with Crippen LogP contribution in [0.3, 0.4) is 0 Å². The highest BCUT2D eigenvalue weighted by Crippen LogP contribution is 2.25. The van der Waals surface area contributed by atoms with E-state index >= 15 is 0 Å². The number of anilines is 2. The predicted octanol–water partition coefficient (Wildman–Crippen LogP) is 4.04. The van der Waals surface area contributed by atoms with Crippen LogP contribution in [0.15, 0.2) is 48.5 Å². The zero-order valence-corrected chi connectivity index (χ0v) is 17.0. The quantitative estimate of drug-likeness (QED) is 0.564. The van der Waals surface area contributed by atoms with E-state index in [-0.39, 0.29) is 17.6 Å². The number of nitrogens with one attached hydrogen (secondary N) is 1. The molecule has 0 aliphatic carbocycles. The minimum Gasteiger partial charge on any atom is -0.371 e. The Morgan fingerprint density at radius 3 is 2.62 bits per heavy atom. The van der Waals surface area contributed by atoms with Crippen molar-refractivity contribution in [1.29, 1.82) is 0 Å². The van der Waals surface area contributed by atoms with E-state index in [0.29, 0.717) is 12.2 Å². The number of nitro benzene ring substituents is 1. The molecule has 0 radical (unpaired) electrons. The van der Waals surface area contributed by atoms with Gasteiger partial charge in [-0.3, -0.25) is 19.8 Å². The third-order valence-corrected chi connectivity index (χ3v) is 5.47. The van der Waals surface area contributed by atoms with Crippen molar-refractivity contribution < 1.29 is 9.72 Å². The summed E-state index contributed by atoms with van der Waals surface area (Å²) in [5, 5.41) is 13.7. The first-order chi connectivity index (χ1) is 14.0. The number of nitrogens with zero attached hydrogens (tertiary/aromatic N) is 3. The second-order valence-corrected chi connectivity index (χ2v) is 7.56. The van der Waals surface area contributed by atoms with Crippen molar-refractivity contribution in [2.75, 3.05) is 30.4 Å². The van der Waals surface area contributed by atoms with Crippen molar-refractivity contribution >= 4 is 23.0 Å². The predicted molar refractivity (Wildman–Crippen MR) is 115 cm³/mol. The molecule has 1 fully saturated rings. The number of piperidine rings is 1. The molecule has 1 aliphatic rings. The summed E-state index contributed by atoms with van der Waals surface area (Å²) in [5.41, 5.74) is 2.83. The Morgan fingerprint density at radius 2 is 1.90 bits per heavy atom. The maximum absolute atomic E-state index is 12.7. The highest BCUT2D eigenvalue weighted by molar-refractivity contribution is 5.94. The van der Waals surface area contributed by atoms with Crippen LogP contribution in [0.4, 0.5) is 17.1 Å². The Morgan fingerprint density at radius 1 is 1.17 bits per heavy atom. The van der Waals surface area contributed by atoms with Gasteiger partial charge in [-0.05, 0) is 50.9 Å². The Labute approximate surface area is 171 Å². The van der Waals surface area contributed by atoms with Gasteiger partial charge in [0.25, 0.3) is 5.69 Å². The largest absolute Gasteiger partial charge is 0.371 e. The maximum Gasteiger partial charge on any atom is 0.271 e. The first-order valence-electron chi connectivity index (χ1n) is 10.0. The summed E-state index contributed by atoms with van der Waals surface area (Å²) in [6.07, 6.45) is 3.71. The van der Waals surface area contributed by atoms with E-state index in [9.17, 15) is 14.9 Å². The molecule has 3 rings (SSSR count). The SMILES string of the molecule is CC(C(=O)Nc1cccc([N+](=O)[O-])c1)N(C)Cc1ccccc1N1CCCCC1. The van der Waals surface area contributed by atoms with Crippen LogP contribution in [0.2, 0.25) is 0 Å². The monoisotopic (exact) mass is 396 g/mol. The van der Waals surface area contributed by atoms with Gasteiger partial charge in [-0.25, -0.2) is 0 Å². The number of carbonyl (C=O) groups excluding carboxylic acids is 1. The summed E-state index contributed by atoms with van der Waals surface area (Å²) in [7, 11) is 1.92. The highest BCUT2D eigenvalue weighted by atomic mass is 16.6. The number of non-ortho nitro benzene ring substituents is 1. The summed E-state index contributed by atoms with van der Waals surface area (Å²) < 4.78 is 0. The number of amides is 1. The minimum absolute atomic E-state index is 0.0423. The standard InChI is InChI=1S/C22H28N4O3/c1-17(22(27)23-19-10-8-11-20(15-19)26(28)29)24(2)16-18-9-4-5-12-21(18)25-13-6-3-7-14-25/h4-5,8-12,15,17H,3,6-7,13-14,16H2,1-2H3,(H,23,27). The fraction of sp³-hybridized carbons (Fsp3) is 0.409. The van der Waals surface area contributed by atoms with E-state index in [1.807, 2.05) is 24.9 Å². The molecular formula is C22H28N4O3. The van der Waals surface area contributed by atoms with Gasteiger partial charge < -0.3 is 10.2 Å². The summed E-state index contributed by atoms with van der Waals surface area (Å²) in [4.78, 5) is 27.6. The molecule has 0 saturated carbocycles. The molecule has 1 aliphatic heterocycles. The lowest BCUT2D eigenvalue weighted by Crippen LogP contribution is -2.39. The molecule has 1 saturated heterocycles. The molecule has 1 heterocycles. The van der Waals surface area contributed by atoms with E-state index in [1.165, 1.54) is 42.6 Å². The lowest BCUT2D eigenvalue weighted by molar-refractivity contribution is -0.384. The van der Waals surface area contributed by atoms with Crippen molar-refractivity contribution in [3.05, 3.63) is 64.2 Å². The zero-order valence-electron chi connectivity index (χ0n) is 17.0. The van der Waals surface area contributed by atoms with Gasteiger partial charge >= 0.3 is 0 Å². The molecule has 29 heavy (non-hydrogen) atoms. The van der Waals surface area contributed by atoms with Crippen LogP contribution >= 0.6 is 0 Å². The molecule has 154 valence electrons. The summed E-state index contributed by atoms with van der Waals surface area (Å²) in [6.45, 7) is 4.64. The molecule has 1 unspecified atom stereocenters. The fourth-order valence-corrected chi connectivity index (χ4v) is 3.64. The van der Waals surface area contributed by atoms with Gasteiger partial charge in [-0.1, -0.05) is 24.3 Å². The summed E-state index contributed by atoms with van der Waals surface area (Å²) >= 11 is 0. The number of carbonyl (C=O) groups is 1. The second-order valence-electron chi connectivity index (χ2n) is 7.56. The molecule has 1 amide bonds. The van der Waals surface area contributed by atoms with Crippen LogP contribution in [0.1, 0.15) is 31.7 Å². The van der Waals surface area contributed by atoms with Gasteiger partial charge in [0.15, 0.2) is 0 Å². The Bertz CT molecular complexity index is 865. The van der Waals surface area contributed by atoms with Crippen molar-refractivity contribution in [3.63, 3.8) is 0 Å². The molecule has 7 nitrogen and oxygen atoms in total. The van der Waals surface area contributed by atoms with Gasteiger partial charge in [-0.15, -0.1) is 0 Å². The first kappa shape index (κ1) is 20.8. The van der Waals surface area contributed by atoms with Crippen LogP contribution < -0.4 is 10.2 Å². The van der Waals surface area contributed by atoms with Gasteiger partial charge in [0.05, 0.1) is 11.0 Å². The lowest BCUT2D eigenvalue weighted by Gasteiger charge is -2.32. The number of likely N-dealkylation sites (N-methyl/N-ethyl adjacent to an activating group) is 1. The maximum atomic E-state index is 12.7. The van der Waals surface area contributed by atoms with Gasteiger partial charge in [0, 0.05) is 43.1 Å². The Balaban J connectivity index is 1.66. The summed E-state index contributed by atoms with van der Waals surface area (Å²) in [6, 6.07) is 14.0. The Kier molecular flexibility index (Phi) is 6.82. The fourth-order valence-electron chi connectivity index (χ4n) is 3.64. The van der Waals surface area contributed by atoms with E-state index < -0.39 is 4.92 Å². The van der Waals surface area contributed by atoms with Crippen LogP contribution in [0, 0.1) is 10.1 Å². The third-order valence-electron chi connectivity index (χ3n) is 5.47. The molecule has 2 aromatic carbocycles. The Hall–Kier alpha value is -2.93. The minimum atomic E-state index is -0.470. The molecular weight excluding hydrogens is 368 g/mol. The number of hydrogen-bond donors (Lipinski definition) is 1. The molecule has 1 atom stereocenters. The number of hydrogen-bond acceptors (Lipinski definition) is 5. The van der Waals surface area contributed by atoms with E-state index in [1.54, 1.807) is 12.1 Å². The van der Waals surface area contributed by atoms with Crippen molar-refractivity contribution in [3.8, 4) is 0 Å². The molecule has 0 spiro atoms. The van der Waals surface area contributed by atoms with Crippen LogP contribution in [0.5, 0.6) is 0 Å². The topological polar surface area (TPSA) is 78.7 Å². The van der Waals surface area contributed by atoms with Gasteiger partial charge in [0.1, 0.15) is 0 Å². The molecule has 2 aromatic rings. The van der Waals surface area contributed by atoms with Crippen molar-refractivity contribution in [2.45, 2.75) is 38.8 Å². The van der Waals surface area contributed by atoms with E-state index in [2.05, 4.69) is 28.4 Å². The zero-order chi connectivity index (χ0) is 20.8. The average Bonchev–Trinajstić information content (AvgIpc) is 2.74. The first-order valence-corrected chi connectivity index (χ1v) is 10.0. The normalized spacial score (nSPS) is 15.2. The molecule has 7 heteroatoms. The molecule has 1 N–H and O–H groups in total. The van der Waals surface area contributed by atoms with Crippen LogP contribution in [-0.2, 0) is 11.3 Å². The van der Waals surface area contributed by atoms with Crippen LogP contribution in [-0.4, -0.2) is 41.9 Å². The van der Waals surface area contributed by atoms with Gasteiger partial charge in [0.2, 0.25) is 5.91 Å². The van der Waals surface area contributed by atoms with Crippen LogP contribution in [0.25, 0.3) is 0 Å². The average molecular weight is 396 g/mol. The number of nitro groups is 1.